The minimum Gasteiger partial charge on any atom is -0.456 e. The van der Waals surface area contributed by atoms with Crippen molar-refractivity contribution in [3.05, 3.63) is 142 Å². The monoisotopic (exact) mass is 510 g/mol. The van der Waals surface area contributed by atoms with Crippen LogP contribution in [0.15, 0.2) is 120 Å². The van der Waals surface area contributed by atoms with E-state index in [-0.39, 0.29) is 0 Å². The van der Waals surface area contributed by atoms with Crippen molar-refractivity contribution < 1.29 is 4.74 Å². The van der Waals surface area contributed by atoms with Gasteiger partial charge in [-0.1, -0.05) is 101 Å². The Labute approximate surface area is 211 Å². The summed E-state index contributed by atoms with van der Waals surface area (Å²) in [5, 5.41) is 4.84. The van der Waals surface area contributed by atoms with Crippen molar-refractivity contribution >= 4 is 37.5 Å². The highest BCUT2D eigenvalue weighted by Crippen LogP contribution is 2.63. The number of halogens is 1. The maximum Gasteiger partial charge on any atom is 0.140 e. The van der Waals surface area contributed by atoms with Crippen LogP contribution in [0.3, 0.4) is 0 Å². The fourth-order valence-electron chi connectivity index (χ4n) is 6.33. The van der Waals surface area contributed by atoms with E-state index in [1.165, 1.54) is 49.5 Å². The van der Waals surface area contributed by atoms with Gasteiger partial charge in [0.15, 0.2) is 0 Å². The van der Waals surface area contributed by atoms with Gasteiger partial charge in [0.25, 0.3) is 0 Å². The number of rotatable bonds is 0. The van der Waals surface area contributed by atoms with Crippen molar-refractivity contribution in [2.45, 2.75) is 5.41 Å². The van der Waals surface area contributed by atoms with E-state index in [0.29, 0.717) is 0 Å². The van der Waals surface area contributed by atoms with Crippen LogP contribution in [-0.4, -0.2) is 0 Å². The van der Waals surface area contributed by atoms with Crippen molar-refractivity contribution in [3.8, 4) is 22.6 Å². The summed E-state index contributed by atoms with van der Waals surface area (Å²) in [5.41, 5.74) is 7.11. The van der Waals surface area contributed by atoms with E-state index in [0.717, 1.165) is 21.4 Å². The third-order valence-electron chi connectivity index (χ3n) is 7.75. The van der Waals surface area contributed by atoms with Gasteiger partial charge < -0.3 is 4.74 Å². The molecule has 0 aromatic heterocycles. The van der Waals surface area contributed by atoms with Gasteiger partial charge in [-0.3, -0.25) is 0 Å². The highest BCUT2D eigenvalue weighted by atomic mass is 79.9. The first kappa shape index (κ1) is 19.4. The van der Waals surface area contributed by atoms with Crippen molar-refractivity contribution in [1.82, 2.24) is 0 Å². The van der Waals surface area contributed by atoms with Crippen molar-refractivity contribution in [1.29, 1.82) is 0 Å². The predicted molar refractivity (Wildman–Crippen MR) is 147 cm³/mol. The molecule has 0 radical (unpaired) electrons. The van der Waals surface area contributed by atoms with Crippen LogP contribution in [0.25, 0.3) is 32.7 Å². The number of benzene rings is 6. The minimum atomic E-state index is -0.466. The van der Waals surface area contributed by atoms with Crippen molar-refractivity contribution in [3.63, 3.8) is 0 Å². The van der Waals surface area contributed by atoms with Gasteiger partial charge >= 0.3 is 0 Å². The molecule has 1 aliphatic carbocycles. The summed E-state index contributed by atoms with van der Waals surface area (Å²) in [5.74, 6) is 1.87. The highest BCUT2D eigenvalue weighted by Gasteiger charge is 2.51. The summed E-state index contributed by atoms with van der Waals surface area (Å²) >= 11 is 3.79. The molecular formula is C33H19BrO. The van der Waals surface area contributed by atoms with Gasteiger partial charge in [0.1, 0.15) is 11.5 Å². The lowest BCUT2D eigenvalue weighted by Gasteiger charge is -2.40. The van der Waals surface area contributed by atoms with Gasteiger partial charge in [0.05, 0.1) is 5.41 Å². The van der Waals surface area contributed by atoms with Gasteiger partial charge in [-0.2, -0.15) is 0 Å². The number of ether oxygens (including phenoxy) is 1. The van der Waals surface area contributed by atoms with Crippen LogP contribution in [0.2, 0.25) is 0 Å². The second kappa shape index (κ2) is 6.84. The van der Waals surface area contributed by atoms with E-state index < -0.39 is 5.41 Å². The molecule has 6 aromatic carbocycles. The lowest BCUT2D eigenvalue weighted by atomic mass is 9.65. The second-order valence-corrected chi connectivity index (χ2v) is 10.4. The average molecular weight is 511 g/mol. The largest absolute Gasteiger partial charge is 0.456 e. The maximum atomic E-state index is 6.71. The zero-order chi connectivity index (χ0) is 23.1. The van der Waals surface area contributed by atoms with Gasteiger partial charge in [0, 0.05) is 21.0 Å². The molecule has 1 heterocycles. The Kier molecular flexibility index (Phi) is 3.80. The first-order chi connectivity index (χ1) is 17.2. The normalized spacial score (nSPS) is 17.1. The SMILES string of the molecule is Brc1ccc2c(c1)C1(c3ccccc3Oc3c1ccc1ccccc31)c1cc3ccccc3cc1-2. The summed E-state index contributed by atoms with van der Waals surface area (Å²) in [4.78, 5) is 0. The van der Waals surface area contributed by atoms with Gasteiger partial charge in [-0.15, -0.1) is 0 Å². The van der Waals surface area contributed by atoms with Gasteiger partial charge in [-0.05, 0) is 68.7 Å². The molecule has 0 N–H and O–H groups in total. The Morgan fingerprint density at radius 3 is 2.11 bits per heavy atom. The topological polar surface area (TPSA) is 9.23 Å². The van der Waals surface area contributed by atoms with E-state index in [9.17, 15) is 0 Å². The second-order valence-electron chi connectivity index (χ2n) is 9.45. The Morgan fingerprint density at radius 1 is 0.514 bits per heavy atom. The van der Waals surface area contributed by atoms with E-state index in [1.54, 1.807) is 0 Å². The van der Waals surface area contributed by atoms with E-state index >= 15 is 0 Å². The Hall–Kier alpha value is -3.88. The van der Waals surface area contributed by atoms with Crippen LogP contribution in [0, 0.1) is 0 Å². The molecule has 1 aliphatic heterocycles. The number of hydrogen-bond acceptors (Lipinski definition) is 1. The van der Waals surface area contributed by atoms with Crippen LogP contribution in [0.1, 0.15) is 22.3 Å². The lowest BCUT2D eigenvalue weighted by molar-refractivity contribution is 0.442. The smallest absolute Gasteiger partial charge is 0.140 e. The van der Waals surface area contributed by atoms with Crippen molar-refractivity contribution in [2.75, 3.05) is 0 Å². The molecule has 1 spiro atoms. The Morgan fingerprint density at radius 2 is 1.23 bits per heavy atom. The molecule has 35 heavy (non-hydrogen) atoms. The standard InChI is InChI=1S/C33H19BrO/c34-23-14-15-25-26-17-21-8-1-2-9-22(21)18-29(26)33(30(25)19-23)27-11-5-6-12-31(27)35-32-24-10-4-3-7-20(24)13-16-28(32)33/h1-19H. The molecule has 2 aliphatic rings. The van der Waals surface area contributed by atoms with E-state index in [4.69, 9.17) is 4.74 Å². The van der Waals surface area contributed by atoms with Crippen LogP contribution in [0.5, 0.6) is 11.5 Å². The number of hydrogen-bond donors (Lipinski definition) is 0. The van der Waals surface area contributed by atoms with Crippen LogP contribution in [0.4, 0.5) is 0 Å². The Balaban J connectivity index is 1.62. The van der Waals surface area contributed by atoms with Crippen molar-refractivity contribution in [2.24, 2.45) is 0 Å². The third-order valence-corrected chi connectivity index (χ3v) is 8.25. The molecule has 0 fully saturated rings. The first-order valence-corrected chi connectivity index (χ1v) is 12.7. The first-order valence-electron chi connectivity index (χ1n) is 11.9. The molecule has 8 rings (SSSR count). The molecule has 1 unspecified atom stereocenters. The Bertz CT molecular complexity index is 1850. The molecule has 1 atom stereocenters. The fraction of sp³-hybridized carbons (Fsp3) is 0.0303. The van der Waals surface area contributed by atoms with Crippen LogP contribution >= 0.6 is 15.9 Å². The minimum absolute atomic E-state index is 0.466. The summed E-state index contributed by atoms with van der Waals surface area (Å²) < 4.78 is 7.80. The summed E-state index contributed by atoms with van der Waals surface area (Å²) in [6.07, 6.45) is 0. The van der Waals surface area contributed by atoms with E-state index in [1.807, 2.05) is 0 Å². The molecule has 0 saturated carbocycles. The quantitative estimate of drug-likeness (QED) is 0.197. The summed E-state index contributed by atoms with van der Waals surface area (Å²) in [6.45, 7) is 0. The summed E-state index contributed by atoms with van der Waals surface area (Å²) in [7, 11) is 0. The molecular weight excluding hydrogens is 492 g/mol. The predicted octanol–water partition coefficient (Wildman–Crippen LogP) is 9.22. The molecule has 164 valence electrons. The average Bonchev–Trinajstić information content (AvgIpc) is 3.16. The molecule has 0 bridgehead atoms. The number of para-hydroxylation sites is 1. The maximum absolute atomic E-state index is 6.71. The lowest BCUT2D eigenvalue weighted by Crippen LogP contribution is -2.32. The molecule has 1 nitrogen and oxygen atoms in total. The number of fused-ring (bicyclic) bond motifs is 12. The van der Waals surface area contributed by atoms with Crippen LogP contribution in [-0.2, 0) is 5.41 Å². The fourth-order valence-corrected chi connectivity index (χ4v) is 6.69. The molecule has 2 heteroatoms. The third kappa shape index (κ3) is 2.42. The van der Waals surface area contributed by atoms with E-state index in [2.05, 4.69) is 131 Å². The highest BCUT2D eigenvalue weighted by molar-refractivity contribution is 9.10. The summed E-state index contributed by atoms with van der Waals surface area (Å²) in [6, 6.07) is 41.8. The molecule has 0 amide bonds. The van der Waals surface area contributed by atoms with Gasteiger partial charge in [-0.25, -0.2) is 0 Å². The molecule has 0 saturated heterocycles. The molecule has 6 aromatic rings. The van der Waals surface area contributed by atoms with Gasteiger partial charge in [0.2, 0.25) is 0 Å². The zero-order valence-corrected chi connectivity index (χ0v) is 20.3. The zero-order valence-electron chi connectivity index (χ0n) is 18.8. The van der Waals surface area contributed by atoms with Crippen LogP contribution < -0.4 is 4.74 Å².